The van der Waals surface area contributed by atoms with Gasteiger partial charge in [0.1, 0.15) is 10.7 Å². The van der Waals surface area contributed by atoms with Crippen LogP contribution in [0.5, 0.6) is 0 Å². The summed E-state index contributed by atoms with van der Waals surface area (Å²) in [6, 6.07) is 3.01. The molecule has 0 unspecified atom stereocenters. The summed E-state index contributed by atoms with van der Waals surface area (Å²) in [5, 5.41) is 0. The van der Waals surface area contributed by atoms with Crippen LogP contribution in [0.15, 0.2) is 23.2 Å². The molecule has 0 bridgehead atoms. The number of sulfonamides is 1. The number of aromatic nitrogens is 1. The van der Waals surface area contributed by atoms with Crippen molar-refractivity contribution in [2.24, 2.45) is 0 Å². The minimum absolute atomic E-state index is 0.0414. The zero-order chi connectivity index (χ0) is 14.8. The maximum absolute atomic E-state index is 12.2. The van der Waals surface area contributed by atoms with Gasteiger partial charge in [0.15, 0.2) is 0 Å². The Morgan fingerprint density at radius 2 is 1.95 bits per heavy atom. The molecule has 20 heavy (non-hydrogen) atoms. The summed E-state index contributed by atoms with van der Waals surface area (Å²) in [6.45, 7) is 4.27. The molecule has 2 rings (SSSR count). The largest absolute Gasteiger partial charge is 0.353 e. The summed E-state index contributed by atoms with van der Waals surface area (Å²) in [6.07, 6.45) is 1.56. The predicted molar refractivity (Wildman–Crippen MR) is 74.9 cm³/mol. The zero-order valence-electron chi connectivity index (χ0n) is 11.5. The Hall–Kier alpha value is -1.67. The molecule has 8 heteroatoms. The highest BCUT2D eigenvalue weighted by Gasteiger charge is 2.25. The molecular weight excluding hydrogens is 280 g/mol. The first-order chi connectivity index (χ1) is 9.40. The van der Waals surface area contributed by atoms with Crippen molar-refractivity contribution in [1.82, 2.24) is 14.6 Å². The van der Waals surface area contributed by atoms with Gasteiger partial charge in [0, 0.05) is 39.3 Å². The minimum atomic E-state index is -3.87. The van der Waals surface area contributed by atoms with E-state index in [4.69, 9.17) is 0 Å². The molecule has 0 aromatic carbocycles. The van der Waals surface area contributed by atoms with E-state index in [1.807, 2.05) is 16.7 Å². The lowest BCUT2D eigenvalue weighted by atomic mass is 10.3. The van der Waals surface area contributed by atoms with Crippen molar-refractivity contribution in [3.63, 3.8) is 0 Å². The molecule has 0 aliphatic carbocycles. The molecule has 0 saturated carbocycles. The lowest BCUT2D eigenvalue weighted by molar-refractivity contribution is -0.117. The fourth-order valence-electron chi connectivity index (χ4n) is 2.09. The molecule has 0 radical (unpaired) electrons. The van der Waals surface area contributed by atoms with Gasteiger partial charge in [-0.15, -0.1) is 0 Å². The summed E-state index contributed by atoms with van der Waals surface area (Å²) in [4.78, 5) is 19.3. The van der Waals surface area contributed by atoms with E-state index in [0.717, 1.165) is 13.1 Å². The molecule has 0 atom stereocenters. The van der Waals surface area contributed by atoms with Crippen molar-refractivity contribution in [1.29, 1.82) is 0 Å². The van der Waals surface area contributed by atoms with Gasteiger partial charge in [-0.3, -0.25) is 4.79 Å². The monoisotopic (exact) mass is 298 g/mol. The van der Waals surface area contributed by atoms with E-state index < -0.39 is 15.9 Å². The average molecular weight is 298 g/mol. The Labute approximate surface area is 118 Å². The molecule has 1 N–H and O–H groups in total. The van der Waals surface area contributed by atoms with Crippen molar-refractivity contribution in [3.8, 4) is 0 Å². The van der Waals surface area contributed by atoms with E-state index in [-0.39, 0.29) is 4.90 Å². The lowest BCUT2D eigenvalue weighted by Gasteiger charge is -2.33. The van der Waals surface area contributed by atoms with Crippen LogP contribution in [0, 0.1) is 0 Å². The van der Waals surface area contributed by atoms with Crippen molar-refractivity contribution >= 4 is 21.7 Å². The number of nitrogens with zero attached hydrogens (tertiary/aromatic N) is 3. The van der Waals surface area contributed by atoms with Gasteiger partial charge in [-0.25, -0.2) is 18.1 Å². The molecule has 1 saturated heterocycles. The fraction of sp³-hybridized carbons (Fsp3) is 0.500. The van der Waals surface area contributed by atoms with Gasteiger partial charge in [0.2, 0.25) is 5.91 Å². The van der Waals surface area contributed by atoms with E-state index in [0.29, 0.717) is 18.9 Å². The molecule has 7 nitrogen and oxygen atoms in total. The second-order valence-electron chi connectivity index (χ2n) is 4.78. The normalized spacial score (nSPS) is 17.0. The molecule has 1 aromatic heterocycles. The van der Waals surface area contributed by atoms with Gasteiger partial charge >= 0.3 is 0 Å². The molecule has 110 valence electrons. The maximum Gasteiger partial charge on any atom is 0.267 e. The van der Waals surface area contributed by atoms with Gasteiger partial charge in [-0.05, 0) is 19.2 Å². The zero-order valence-corrected chi connectivity index (χ0v) is 12.4. The van der Waals surface area contributed by atoms with Crippen LogP contribution < -0.4 is 9.62 Å². The van der Waals surface area contributed by atoms with Crippen LogP contribution in [0.1, 0.15) is 6.92 Å². The number of likely N-dealkylation sites (N-methyl/N-ethyl adjacent to an activating group) is 1. The molecule has 2 heterocycles. The summed E-state index contributed by atoms with van der Waals surface area (Å²) >= 11 is 0. The number of rotatable bonds is 3. The second-order valence-corrected chi connectivity index (χ2v) is 6.43. The van der Waals surface area contributed by atoms with Crippen LogP contribution in [0.3, 0.4) is 0 Å². The first-order valence-corrected chi connectivity index (χ1v) is 7.80. The highest BCUT2D eigenvalue weighted by molar-refractivity contribution is 7.90. The van der Waals surface area contributed by atoms with Crippen LogP contribution in [-0.4, -0.2) is 57.4 Å². The number of piperazine rings is 1. The summed E-state index contributed by atoms with van der Waals surface area (Å²) < 4.78 is 26.3. The third-order valence-corrected chi connectivity index (χ3v) is 4.58. The number of hydrogen-bond donors (Lipinski definition) is 1. The lowest BCUT2D eigenvalue weighted by Crippen LogP contribution is -2.45. The Kier molecular flexibility index (Phi) is 4.24. The second kappa shape index (κ2) is 5.76. The maximum atomic E-state index is 12.2. The van der Waals surface area contributed by atoms with Gasteiger partial charge in [0.25, 0.3) is 10.0 Å². The van der Waals surface area contributed by atoms with E-state index in [2.05, 4.69) is 9.88 Å². The SMILES string of the molecule is CC(=O)NS(=O)(=O)c1cccnc1N1CCN(C)CC1. The molecule has 1 aromatic rings. The van der Waals surface area contributed by atoms with Crippen molar-refractivity contribution < 1.29 is 13.2 Å². The number of carbonyl (C=O) groups is 1. The Morgan fingerprint density at radius 3 is 2.55 bits per heavy atom. The number of nitrogens with one attached hydrogen (secondary N) is 1. The molecule has 1 amide bonds. The highest BCUT2D eigenvalue weighted by atomic mass is 32.2. The molecule has 1 fully saturated rings. The highest BCUT2D eigenvalue weighted by Crippen LogP contribution is 2.23. The van der Waals surface area contributed by atoms with Gasteiger partial charge in [-0.1, -0.05) is 0 Å². The van der Waals surface area contributed by atoms with Crippen molar-refractivity contribution in [2.75, 3.05) is 38.1 Å². The number of pyridine rings is 1. The standard InChI is InChI=1S/C12H18N4O3S/c1-10(17)14-20(18,19)11-4-3-5-13-12(11)16-8-6-15(2)7-9-16/h3-5H,6-9H2,1-2H3,(H,14,17). The van der Waals surface area contributed by atoms with Crippen LogP contribution in [0.2, 0.25) is 0 Å². The van der Waals surface area contributed by atoms with E-state index in [1.54, 1.807) is 12.3 Å². The van der Waals surface area contributed by atoms with Crippen LogP contribution >= 0.6 is 0 Å². The first kappa shape index (κ1) is 14.7. The Bertz CT molecular complexity index is 594. The average Bonchev–Trinajstić information content (AvgIpc) is 2.38. The topological polar surface area (TPSA) is 82.6 Å². The predicted octanol–water partition coefficient (Wildman–Crippen LogP) is -0.342. The smallest absolute Gasteiger partial charge is 0.267 e. The Balaban J connectivity index is 2.33. The third-order valence-electron chi connectivity index (χ3n) is 3.12. The van der Waals surface area contributed by atoms with Gasteiger partial charge in [-0.2, -0.15) is 0 Å². The molecule has 1 aliphatic heterocycles. The van der Waals surface area contributed by atoms with Crippen LogP contribution in [-0.2, 0) is 14.8 Å². The molecular formula is C12H18N4O3S. The minimum Gasteiger partial charge on any atom is -0.353 e. The van der Waals surface area contributed by atoms with Gasteiger partial charge in [0.05, 0.1) is 0 Å². The summed E-state index contributed by atoms with van der Waals surface area (Å²) in [5.74, 6) is -0.215. The molecule has 1 aliphatic rings. The fourth-order valence-corrected chi connectivity index (χ4v) is 3.26. The summed E-state index contributed by atoms with van der Waals surface area (Å²) in [7, 11) is -1.85. The van der Waals surface area contributed by atoms with E-state index in [1.165, 1.54) is 13.0 Å². The van der Waals surface area contributed by atoms with E-state index >= 15 is 0 Å². The van der Waals surface area contributed by atoms with Crippen molar-refractivity contribution in [3.05, 3.63) is 18.3 Å². The summed E-state index contributed by atoms with van der Waals surface area (Å²) in [5.41, 5.74) is 0. The third kappa shape index (κ3) is 3.26. The van der Waals surface area contributed by atoms with Crippen LogP contribution in [0.25, 0.3) is 0 Å². The number of anilines is 1. The number of carbonyl (C=O) groups excluding carboxylic acids is 1. The molecule has 0 spiro atoms. The van der Waals surface area contributed by atoms with Crippen molar-refractivity contribution in [2.45, 2.75) is 11.8 Å². The first-order valence-electron chi connectivity index (χ1n) is 6.32. The number of amides is 1. The van der Waals surface area contributed by atoms with Gasteiger partial charge < -0.3 is 9.80 Å². The van der Waals surface area contributed by atoms with Crippen LogP contribution in [0.4, 0.5) is 5.82 Å². The Morgan fingerprint density at radius 1 is 1.30 bits per heavy atom. The quantitative estimate of drug-likeness (QED) is 0.822. The number of hydrogen-bond acceptors (Lipinski definition) is 6. The van der Waals surface area contributed by atoms with E-state index in [9.17, 15) is 13.2 Å².